The molecule has 0 amide bonds. The molecule has 54 heavy (non-hydrogen) atoms. The fourth-order valence-electron chi connectivity index (χ4n) is 5.83. The Kier molecular flexibility index (Phi) is 11.4. The van der Waals surface area contributed by atoms with E-state index >= 15 is 0 Å². The number of ether oxygens (including phenoxy) is 2. The van der Waals surface area contributed by atoms with Gasteiger partial charge < -0.3 is 74.4 Å². The second-order valence-electron chi connectivity index (χ2n) is 12.5. The second-order valence-corrected chi connectivity index (χ2v) is 16.9. The predicted molar refractivity (Wildman–Crippen MR) is 178 cm³/mol. The summed E-state index contributed by atoms with van der Waals surface area (Å²) >= 11 is 0. The van der Waals surface area contributed by atoms with Gasteiger partial charge in [0, 0.05) is 12.4 Å². The van der Waals surface area contributed by atoms with E-state index < -0.39 is 90.3 Å². The van der Waals surface area contributed by atoms with Gasteiger partial charge in [-0.3, -0.25) is 19.1 Å². The van der Waals surface area contributed by atoms with Crippen LogP contribution in [0.4, 0.5) is 5.95 Å². The summed E-state index contributed by atoms with van der Waals surface area (Å²) < 4.78 is 59.2. The Morgan fingerprint density at radius 3 is 1.81 bits per heavy atom. The van der Waals surface area contributed by atoms with Crippen LogP contribution in [0.15, 0.2) is 34.1 Å². The van der Waals surface area contributed by atoms with Crippen LogP contribution < -0.4 is 16.9 Å². The Hall–Kier alpha value is -3.23. The number of aryl methyl sites for hydroxylation is 1. The normalized spacial score (nSPS) is 31.0. The van der Waals surface area contributed by atoms with Crippen LogP contribution in [0.2, 0.25) is 0 Å². The quantitative estimate of drug-likeness (QED) is 0.0747. The summed E-state index contributed by atoms with van der Waals surface area (Å²) in [6.45, 7) is 2.80. The van der Waals surface area contributed by atoms with Gasteiger partial charge in [-0.15, -0.1) is 0 Å². The molecule has 4 unspecified atom stereocenters. The maximum atomic E-state index is 12.0. The monoisotopic (exact) mass is 831 g/mol. The Bertz CT molecular complexity index is 2300. The molecule has 29 heteroatoms. The van der Waals surface area contributed by atoms with Crippen LogP contribution in [0.3, 0.4) is 0 Å². The molecular formula is C25H36N7O19P3. The standard InChI is InChI=1S/C13H17N3O5.C12H19N4O14P3/c1-6-14-10-7(11(19)15-6)3-4-16(10)12-13(2,20)9(18)8(5-17)21-12;1-12(19)7(17)6(4-27-32(23,24)30-33(25,26)29-31(20,21)22)28-10(12)16-3-2-5-8(16)14-11(13)15-9(5)18/h3-4,8-9,12,17-18,20H,5H2,1-2H3,(H,14,15,19);2-3,6-7,10,17,19H,4H2,1H3,(H,23,24)(H,25,26)(H2,20,21,22)(H3,13,14,15,18)/t8-,9+,12-,13?;6-,7+,10-,12?/m11/s1. The number of phosphoric acid groups is 3. The number of nitrogens with two attached hydrogens (primary N) is 1. The molecule has 10 atom stereocenters. The molecule has 0 bridgehead atoms. The molecular weight excluding hydrogens is 795 g/mol. The first kappa shape index (κ1) is 41.9. The maximum Gasteiger partial charge on any atom is 0.490 e. The van der Waals surface area contributed by atoms with Gasteiger partial charge in [0.1, 0.15) is 47.1 Å². The lowest BCUT2D eigenvalue weighted by molar-refractivity contribution is -0.0948. The Morgan fingerprint density at radius 1 is 0.833 bits per heavy atom. The lowest BCUT2D eigenvalue weighted by atomic mass is 9.96. The zero-order chi connectivity index (χ0) is 40.3. The number of anilines is 1. The Labute approximate surface area is 300 Å². The van der Waals surface area contributed by atoms with E-state index in [1.165, 1.54) is 28.3 Å². The van der Waals surface area contributed by atoms with Gasteiger partial charge in [-0.25, -0.2) is 18.7 Å². The fourth-order valence-corrected chi connectivity index (χ4v) is 8.86. The highest BCUT2D eigenvalue weighted by atomic mass is 31.3. The number of aliphatic hydroxyl groups excluding tert-OH is 3. The molecule has 13 N–H and O–H groups in total. The number of nitrogen functional groups attached to an aromatic ring is 1. The van der Waals surface area contributed by atoms with Crippen molar-refractivity contribution in [3.05, 3.63) is 51.1 Å². The Morgan fingerprint density at radius 2 is 1.31 bits per heavy atom. The van der Waals surface area contributed by atoms with Crippen molar-refractivity contribution >= 4 is 51.5 Å². The lowest BCUT2D eigenvalue weighted by Gasteiger charge is -2.27. The molecule has 0 saturated carbocycles. The highest BCUT2D eigenvalue weighted by Crippen LogP contribution is 2.66. The first-order valence-corrected chi connectivity index (χ1v) is 19.7. The molecule has 2 aliphatic heterocycles. The van der Waals surface area contributed by atoms with Crippen LogP contribution in [-0.4, -0.2) is 123 Å². The fraction of sp³-hybridized carbons (Fsp3) is 0.520. The van der Waals surface area contributed by atoms with E-state index in [2.05, 4.69) is 33.1 Å². The van der Waals surface area contributed by atoms with Crippen LogP contribution in [-0.2, 0) is 36.3 Å². The first-order valence-electron chi connectivity index (χ1n) is 15.2. The number of H-pyrrole nitrogens is 2. The number of phosphoric ester groups is 1. The summed E-state index contributed by atoms with van der Waals surface area (Å²) in [5, 5.41) is 51.3. The number of aromatic amines is 2. The molecule has 2 saturated heterocycles. The number of rotatable bonds is 10. The zero-order valence-electron chi connectivity index (χ0n) is 28.0. The van der Waals surface area contributed by atoms with Gasteiger partial charge in [0.15, 0.2) is 18.1 Å². The van der Waals surface area contributed by atoms with Crippen molar-refractivity contribution in [1.82, 2.24) is 29.1 Å². The largest absolute Gasteiger partial charge is 0.490 e. The summed E-state index contributed by atoms with van der Waals surface area (Å²) in [7, 11) is -16.8. The van der Waals surface area contributed by atoms with Crippen LogP contribution in [0.5, 0.6) is 0 Å². The van der Waals surface area contributed by atoms with Crippen LogP contribution >= 0.6 is 23.5 Å². The third-order valence-electron chi connectivity index (χ3n) is 8.31. The molecule has 300 valence electrons. The second kappa shape index (κ2) is 14.7. The number of nitrogens with zero attached hydrogens (tertiary/aromatic N) is 4. The van der Waals surface area contributed by atoms with Crippen LogP contribution in [0, 0.1) is 6.92 Å². The summed E-state index contributed by atoms with van der Waals surface area (Å²) in [6, 6.07) is 2.91. The molecule has 0 radical (unpaired) electrons. The average Bonchev–Trinajstić information content (AvgIpc) is 3.74. The number of aliphatic hydroxyl groups is 5. The minimum Gasteiger partial charge on any atom is -0.394 e. The molecule has 4 aromatic heterocycles. The SMILES string of the molecule is CC1(O)[C@@H](O)[C@@H](COP(=O)(O)OP(=O)(O)OP(=O)(O)O)O[C@H]1n1ccc2c(=O)[nH]c(N)nc21.Cc1nc2c(ccn2[C@@H]2O[C@H](CO)[C@H](O)C2(C)O)c(=O)[nH]1. The minimum absolute atomic E-state index is 0.0118. The van der Waals surface area contributed by atoms with E-state index in [0.717, 1.165) is 6.92 Å². The van der Waals surface area contributed by atoms with Gasteiger partial charge in [-0.2, -0.15) is 13.6 Å². The average molecular weight is 832 g/mol. The molecule has 6 rings (SSSR count). The summed E-state index contributed by atoms with van der Waals surface area (Å²) in [5.74, 6) is 0.194. The van der Waals surface area contributed by atoms with Gasteiger partial charge in [-0.1, -0.05) is 0 Å². The number of fused-ring (bicyclic) bond motifs is 2. The highest BCUT2D eigenvalue weighted by molar-refractivity contribution is 7.66. The van der Waals surface area contributed by atoms with Gasteiger partial charge in [0.25, 0.3) is 11.1 Å². The van der Waals surface area contributed by atoms with E-state index in [0.29, 0.717) is 16.9 Å². The van der Waals surface area contributed by atoms with Crippen LogP contribution in [0.25, 0.3) is 22.1 Å². The number of nitrogens with one attached hydrogen (secondary N) is 2. The lowest BCUT2D eigenvalue weighted by Crippen LogP contribution is -2.44. The number of hydrogen-bond donors (Lipinski definition) is 12. The predicted octanol–water partition coefficient (Wildman–Crippen LogP) is -2.31. The van der Waals surface area contributed by atoms with Gasteiger partial charge in [0.05, 0.1) is 24.0 Å². The summed E-state index contributed by atoms with van der Waals surface area (Å²) in [5.41, 5.74) is 1.32. The van der Waals surface area contributed by atoms with E-state index in [-0.39, 0.29) is 22.5 Å². The van der Waals surface area contributed by atoms with Gasteiger partial charge in [-0.05, 0) is 32.9 Å². The molecule has 0 spiro atoms. The van der Waals surface area contributed by atoms with Crippen molar-refractivity contribution in [2.45, 2.75) is 68.8 Å². The van der Waals surface area contributed by atoms with E-state index in [1.54, 1.807) is 19.2 Å². The molecule has 2 aliphatic rings. The third-order valence-corrected chi connectivity index (χ3v) is 12.1. The summed E-state index contributed by atoms with van der Waals surface area (Å²) in [6.07, 6.45) is -4.93. The first-order chi connectivity index (χ1) is 24.8. The summed E-state index contributed by atoms with van der Waals surface area (Å²) in [4.78, 5) is 72.7. The third kappa shape index (κ3) is 8.45. The minimum atomic E-state index is -5.74. The van der Waals surface area contributed by atoms with Crippen molar-refractivity contribution in [3.8, 4) is 0 Å². The maximum absolute atomic E-state index is 12.0. The van der Waals surface area contributed by atoms with E-state index in [4.69, 9.17) is 29.9 Å². The van der Waals surface area contributed by atoms with Crippen molar-refractivity contribution in [2.24, 2.45) is 0 Å². The van der Waals surface area contributed by atoms with Crippen molar-refractivity contribution < 1.29 is 81.4 Å². The topological polar surface area (TPSA) is 407 Å². The molecule has 0 aliphatic carbocycles. The van der Waals surface area contributed by atoms with E-state index in [1.807, 2.05) is 0 Å². The van der Waals surface area contributed by atoms with E-state index in [9.17, 15) is 53.7 Å². The number of aromatic nitrogens is 6. The molecule has 4 aromatic rings. The molecule has 26 nitrogen and oxygen atoms in total. The number of hydrogen-bond acceptors (Lipinski definition) is 18. The van der Waals surface area contributed by atoms with Crippen molar-refractivity contribution in [2.75, 3.05) is 18.9 Å². The Balaban J connectivity index is 0.000000228. The molecule has 0 aromatic carbocycles. The highest BCUT2D eigenvalue weighted by Gasteiger charge is 2.55. The smallest absolute Gasteiger partial charge is 0.394 e. The zero-order valence-corrected chi connectivity index (χ0v) is 30.7. The van der Waals surface area contributed by atoms with Gasteiger partial charge >= 0.3 is 23.5 Å². The van der Waals surface area contributed by atoms with Crippen molar-refractivity contribution in [1.29, 1.82) is 0 Å². The van der Waals surface area contributed by atoms with Gasteiger partial charge in [0.2, 0.25) is 5.95 Å². The van der Waals surface area contributed by atoms with Crippen molar-refractivity contribution in [3.63, 3.8) is 0 Å². The molecule has 6 heterocycles. The molecule has 2 fully saturated rings. The van der Waals surface area contributed by atoms with Crippen LogP contribution in [0.1, 0.15) is 32.1 Å².